The van der Waals surface area contributed by atoms with Gasteiger partial charge in [-0.25, -0.2) is 0 Å². The molecular weight excluding hydrogens is 198 g/mol. The van der Waals surface area contributed by atoms with Gasteiger partial charge in [-0.15, -0.1) is 0 Å². The van der Waals surface area contributed by atoms with E-state index >= 15 is 0 Å². The van der Waals surface area contributed by atoms with Crippen LogP contribution < -0.4 is 5.32 Å². The lowest BCUT2D eigenvalue weighted by molar-refractivity contribution is 0.414. The molecule has 16 heavy (non-hydrogen) atoms. The number of rotatable bonds is 3. The van der Waals surface area contributed by atoms with Crippen LogP contribution >= 0.6 is 0 Å². The molecule has 0 aliphatic heterocycles. The van der Waals surface area contributed by atoms with E-state index in [-0.39, 0.29) is 0 Å². The Morgan fingerprint density at radius 3 is 2.56 bits per heavy atom. The summed E-state index contributed by atoms with van der Waals surface area (Å²) in [5.74, 6) is 0. The van der Waals surface area contributed by atoms with Crippen molar-refractivity contribution in [2.45, 2.75) is 57.5 Å². The molecule has 1 aliphatic carbocycles. The van der Waals surface area contributed by atoms with Crippen LogP contribution in [0, 0.1) is 0 Å². The third-order valence-corrected chi connectivity index (χ3v) is 3.57. The van der Waals surface area contributed by atoms with E-state index in [1.54, 1.807) is 0 Å². The van der Waals surface area contributed by atoms with Gasteiger partial charge >= 0.3 is 0 Å². The largest absolute Gasteiger partial charge is 0.307 e. The van der Waals surface area contributed by atoms with Gasteiger partial charge in [-0.3, -0.25) is 4.68 Å². The topological polar surface area (TPSA) is 29.9 Å². The first-order valence-electron chi connectivity index (χ1n) is 6.50. The lowest BCUT2D eigenvalue weighted by Crippen LogP contribution is -2.30. The van der Waals surface area contributed by atoms with Crippen molar-refractivity contribution in [3.8, 4) is 0 Å². The third-order valence-electron chi connectivity index (χ3n) is 3.57. The van der Waals surface area contributed by atoms with Crippen molar-refractivity contribution in [2.24, 2.45) is 7.05 Å². The Balaban J connectivity index is 1.88. The summed E-state index contributed by atoms with van der Waals surface area (Å²) in [5, 5.41) is 7.96. The van der Waals surface area contributed by atoms with Crippen LogP contribution in [0.1, 0.15) is 57.1 Å². The Hall–Kier alpha value is -0.830. The molecule has 1 unspecified atom stereocenters. The number of nitrogens with one attached hydrogen (secondary N) is 1. The third kappa shape index (κ3) is 3.08. The lowest BCUT2D eigenvalue weighted by Gasteiger charge is -2.21. The van der Waals surface area contributed by atoms with Crippen LogP contribution in [0.25, 0.3) is 0 Å². The van der Waals surface area contributed by atoms with Crippen LogP contribution in [0.4, 0.5) is 0 Å². The number of aromatic nitrogens is 2. The van der Waals surface area contributed by atoms with Gasteiger partial charge in [0.25, 0.3) is 0 Å². The summed E-state index contributed by atoms with van der Waals surface area (Å²) in [6.45, 7) is 2.24. The number of nitrogens with zero attached hydrogens (tertiary/aromatic N) is 2. The van der Waals surface area contributed by atoms with Gasteiger partial charge in [0.1, 0.15) is 0 Å². The first-order valence-corrected chi connectivity index (χ1v) is 6.50. The molecule has 1 atom stereocenters. The summed E-state index contributed by atoms with van der Waals surface area (Å²) >= 11 is 0. The zero-order chi connectivity index (χ0) is 11.4. The molecule has 1 aromatic heterocycles. The summed E-state index contributed by atoms with van der Waals surface area (Å²) in [5.41, 5.74) is 1.30. The molecule has 1 saturated carbocycles. The average molecular weight is 221 g/mol. The standard InChI is InChI=1S/C13H23N3/c1-11(12-9-14-16(2)10-12)15-13-7-5-3-4-6-8-13/h9-11,13,15H,3-8H2,1-2H3. The fraction of sp³-hybridized carbons (Fsp3) is 0.769. The Kier molecular flexibility index (Phi) is 3.99. The molecule has 1 aliphatic rings. The molecule has 0 amide bonds. The Labute approximate surface area is 98.2 Å². The molecule has 0 spiro atoms. The van der Waals surface area contributed by atoms with Gasteiger partial charge in [-0.1, -0.05) is 25.7 Å². The zero-order valence-corrected chi connectivity index (χ0v) is 10.4. The lowest BCUT2D eigenvalue weighted by atomic mass is 10.1. The van der Waals surface area contributed by atoms with Gasteiger partial charge in [0.15, 0.2) is 0 Å². The molecule has 3 heteroatoms. The minimum atomic E-state index is 0.428. The molecule has 0 saturated heterocycles. The second-order valence-electron chi connectivity index (χ2n) is 5.02. The van der Waals surface area contributed by atoms with Crippen LogP contribution in [-0.2, 0) is 7.05 Å². The molecule has 3 nitrogen and oxygen atoms in total. The average Bonchev–Trinajstić information content (AvgIpc) is 2.54. The Bertz CT molecular complexity index is 311. The van der Waals surface area contributed by atoms with E-state index in [0.717, 1.165) is 0 Å². The molecule has 0 bridgehead atoms. The fourth-order valence-corrected chi connectivity index (χ4v) is 2.56. The Morgan fingerprint density at radius 1 is 1.31 bits per heavy atom. The van der Waals surface area contributed by atoms with Crippen molar-refractivity contribution in [1.29, 1.82) is 0 Å². The highest BCUT2D eigenvalue weighted by Crippen LogP contribution is 2.20. The van der Waals surface area contributed by atoms with Crippen molar-refractivity contribution in [2.75, 3.05) is 0 Å². The minimum absolute atomic E-state index is 0.428. The predicted molar refractivity (Wildman–Crippen MR) is 66.2 cm³/mol. The minimum Gasteiger partial charge on any atom is -0.307 e. The van der Waals surface area contributed by atoms with E-state index in [0.29, 0.717) is 12.1 Å². The second-order valence-corrected chi connectivity index (χ2v) is 5.02. The molecule has 2 rings (SSSR count). The number of hydrogen-bond donors (Lipinski definition) is 1. The second kappa shape index (κ2) is 5.48. The maximum absolute atomic E-state index is 4.23. The van der Waals surface area contributed by atoms with Gasteiger partial charge < -0.3 is 5.32 Å². The van der Waals surface area contributed by atoms with Gasteiger partial charge in [-0.2, -0.15) is 5.10 Å². The Morgan fingerprint density at radius 2 is 2.00 bits per heavy atom. The molecule has 90 valence electrons. The van der Waals surface area contributed by atoms with Crippen LogP contribution in [0.15, 0.2) is 12.4 Å². The maximum Gasteiger partial charge on any atom is 0.0537 e. The first-order chi connectivity index (χ1) is 7.75. The van der Waals surface area contributed by atoms with Crippen molar-refractivity contribution >= 4 is 0 Å². The monoisotopic (exact) mass is 221 g/mol. The van der Waals surface area contributed by atoms with Crippen molar-refractivity contribution in [3.05, 3.63) is 18.0 Å². The first kappa shape index (κ1) is 11.6. The number of hydrogen-bond acceptors (Lipinski definition) is 2. The van der Waals surface area contributed by atoms with Gasteiger partial charge in [0.2, 0.25) is 0 Å². The van der Waals surface area contributed by atoms with E-state index in [1.807, 2.05) is 17.9 Å². The molecule has 1 heterocycles. The van der Waals surface area contributed by atoms with Crippen LogP contribution in [0.3, 0.4) is 0 Å². The van der Waals surface area contributed by atoms with E-state index in [2.05, 4.69) is 23.5 Å². The zero-order valence-electron chi connectivity index (χ0n) is 10.4. The van der Waals surface area contributed by atoms with Crippen molar-refractivity contribution < 1.29 is 0 Å². The smallest absolute Gasteiger partial charge is 0.0537 e. The van der Waals surface area contributed by atoms with Crippen LogP contribution in [0.5, 0.6) is 0 Å². The predicted octanol–water partition coefficient (Wildman–Crippen LogP) is 2.79. The molecule has 1 aromatic rings. The quantitative estimate of drug-likeness (QED) is 0.795. The van der Waals surface area contributed by atoms with E-state index in [9.17, 15) is 0 Å². The molecule has 1 fully saturated rings. The molecule has 0 radical (unpaired) electrons. The summed E-state index contributed by atoms with van der Waals surface area (Å²) in [7, 11) is 1.97. The summed E-state index contributed by atoms with van der Waals surface area (Å²) in [6, 6.07) is 1.13. The van der Waals surface area contributed by atoms with Gasteiger partial charge in [-0.05, 0) is 19.8 Å². The highest BCUT2D eigenvalue weighted by molar-refractivity contribution is 5.09. The van der Waals surface area contributed by atoms with Gasteiger partial charge in [0, 0.05) is 30.9 Å². The number of aryl methyl sites for hydroxylation is 1. The summed E-state index contributed by atoms with van der Waals surface area (Å²) < 4.78 is 1.88. The van der Waals surface area contributed by atoms with Gasteiger partial charge in [0.05, 0.1) is 6.20 Å². The molecule has 1 N–H and O–H groups in total. The molecular formula is C13H23N3. The van der Waals surface area contributed by atoms with Crippen molar-refractivity contribution in [1.82, 2.24) is 15.1 Å². The van der Waals surface area contributed by atoms with E-state index in [4.69, 9.17) is 0 Å². The SMILES string of the molecule is CC(NC1CCCCCC1)c1cnn(C)c1. The summed E-state index contributed by atoms with van der Waals surface area (Å²) in [6.07, 6.45) is 12.4. The van der Waals surface area contributed by atoms with Crippen LogP contribution in [0.2, 0.25) is 0 Å². The van der Waals surface area contributed by atoms with E-state index in [1.165, 1.54) is 44.1 Å². The summed E-state index contributed by atoms with van der Waals surface area (Å²) in [4.78, 5) is 0. The fourth-order valence-electron chi connectivity index (χ4n) is 2.56. The highest BCUT2D eigenvalue weighted by atomic mass is 15.2. The van der Waals surface area contributed by atoms with Crippen LogP contribution in [-0.4, -0.2) is 15.8 Å². The molecule has 0 aromatic carbocycles. The normalized spacial score (nSPS) is 20.6. The highest BCUT2D eigenvalue weighted by Gasteiger charge is 2.15. The van der Waals surface area contributed by atoms with E-state index < -0.39 is 0 Å². The maximum atomic E-state index is 4.23. The van der Waals surface area contributed by atoms with Crippen molar-refractivity contribution in [3.63, 3.8) is 0 Å².